The first kappa shape index (κ1) is 14.1. The molecular weight excluding hydrogens is 268 g/mol. The van der Waals surface area contributed by atoms with Crippen molar-refractivity contribution in [3.8, 4) is 12.3 Å². The SMILES string of the molecule is C#C[C@@H](CC(=O)c1cccc2ccccc12)c1ccccc1. The highest BCUT2D eigenvalue weighted by Gasteiger charge is 2.16. The van der Waals surface area contributed by atoms with Crippen LogP contribution < -0.4 is 0 Å². The van der Waals surface area contributed by atoms with Crippen LogP contribution >= 0.6 is 0 Å². The van der Waals surface area contributed by atoms with E-state index in [0.29, 0.717) is 6.42 Å². The number of hydrogen-bond donors (Lipinski definition) is 0. The van der Waals surface area contributed by atoms with Gasteiger partial charge in [-0.15, -0.1) is 6.42 Å². The molecule has 3 rings (SSSR count). The van der Waals surface area contributed by atoms with E-state index in [1.54, 1.807) is 0 Å². The van der Waals surface area contributed by atoms with Crippen molar-refractivity contribution in [1.29, 1.82) is 0 Å². The van der Waals surface area contributed by atoms with Crippen LogP contribution in [-0.4, -0.2) is 5.78 Å². The number of Topliss-reactive ketones (excluding diaryl/α,β-unsaturated/α-hetero) is 1. The zero-order valence-electron chi connectivity index (χ0n) is 12.2. The van der Waals surface area contributed by atoms with E-state index in [9.17, 15) is 4.79 Å². The second kappa shape index (κ2) is 6.28. The number of terminal acetylenes is 1. The molecule has 0 unspecified atom stereocenters. The van der Waals surface area contributed by atoms with E-state index in [1.165, 1.54) is 0 Å². The van der Waals surface area contributed by atoms with E-state index >= 15 is 0 Å². The van der Waals surface area contributed by atoms with Crippen LogP contribution in [0.2, 0.25) is 0 Å². The summed E-state index contributed by atoms with van der Waals surface area (Å²) in [6, 6.07) is 23.5. The molecule has 0 aliphatic rings. The predicted octanol–water partition coefficient (Wildman–Crippen LogP) is 4.83. The van der Waals surface area contributed by atoms with E-state index in [-0.39, 0.29) is 11.7 Å². The van der Waals surface area contributed by atoms with Crippen molar-refractivity contribution < 1.29 is 4.79 Å². The molecule has 0 aromatic heterocycles. The Balaban J connectivity index is 1.92. The zero-order valence-corrected chi connectivity index (χ0v) is 12.2. The Morgan fingerprint density at radius 2 is 1.59 bits per heavy atom. The first-order valence-electron chi connectivity index (χ1n) is 7.31. The van der Waals surface area contributed by atoms with Crippen molar-refractivity contribution in [2.45, 2.75) is 12.3 Å². The normalized spacial score (nSPS) is 11.8. The molecule has 1 heteroatoms. The molecule has 1 nitrogen and oxygen atoms in total. The van der Waals surface area contributed by atoms with Crippen molar-refractivity contribution in [2.75, 3.05) is 0 Å². The molecule has 22 heavy (non-hydrogen) atoms. The molecule has 0 saturated heterocycles. The van der Waals surface area contributed by atoms with E-state index in [0.717, 1.165) is 21.9 Å². The Morgan fingerprint density at radius 1 is 0.909 bits per heavy atom. The van der Waals surface area contributed by atoms with Gasteiger partial charge in [0.25, 0.3) is 0 Å². The fraction of sp³-hybridized carbons (Fsp3) is 0.0952. The van der Waals surface area contributed by atoms with Crippen LogP contribution in [0.15, 0.2) is 72.8 Å². The second-order valence-electron chi connectivity index (χ2n) is 5.28. The second-order valence-corrected chi connectivity index (χ2v) is 5.28. The van der Waals surface area contributed by atoms with E-state index < -0.39 is 0 Å². The maximum atomic E-state index is 12.7. The van der Waals surface area contributed by atoms with Gasteiger partial charge in [-0.25, -0.2) is 0 Å². The summed E-state index contributed by atoms with van der Waals surface area (Å²) in [6.07, 6.45) is 5.97. The summed E-state index contributed by atoms with van der Waals surface area (Å²) in [6.45, 7) is 0. The molecule has 0 aliphatic carbocycles. The highest BCUT2D eigenvalue weighted by molar-refractivity contribution is 6.08. The molecule has 0 amide bonds. The van der Waals surface area contributed by atoms with E-state index in [4.69, 9.17) is 6.42 Å². The van der Waals surface area contributed by atoms with Gasteiger partial charge in [-0.3, -0.25) is 4.79 Å². The molecule has 3 aromatic rings. The van der Waals surface area contributed by atoms with Crippen molar-refractivity contribution in [1.82, 2.24) is 0 Å². The lowest BCUT2D eigenvalue weighted by Gasteiger charge is -2.11. The fourth-order valence-corrected chi connectivity index (χ4v) is 2.72. The predicted molar refractivity (Wildman–Crippen MR) is 90.9 cm³/mol. The Bertz CT molecular complexity index is 835. The van der Waals surface area contributed by atoms with Gasteiger partial charge < -0.3 is 0 Å². The average molecular weight is 284 g/mol. The molecule has 0 bridgehead atoms. The summed E-state index contributed by atoms with van der Waals surface area (Å²) in [5.74, 6) is 2.65. The van der Waals surface area contributed by atoms with Gasteiger partial charge in [0.05, 0.1) is 5.92 Å². The molecule has 0 heterocycles. The molecule has 0 radical (unpaired) electrons. The number of rotatable bonds is 4. The van der Waals surface area contributed by atoms with Crippen LogP contribution in [0.25, 0.3) is 10.8 Å². The number of ketones is 1. The third-order valence-electron chi connectivity index (χ3n) is 3.88. The smallest absolute Gasteiger partial charge is 0.165 e. The Hall–Kier alpha value is -2.85. The average Bonchev–Trinajstić information content (AvgIpc) is 2.59. The lowest BCUT2D eigenvalue weighted by molar-refractivity contribution is 0.0981. The van der Waals surface area contributed by atoms with Crippen molar-refractivity contribution in [3.05, 3.63) is 83.9 Å². The Labute approximate surface area is 130 Å². The molecule has 0 spiro atoms. The van der Waals surface area contributed by atoms with Gasteiger partial charge in [-0.1, -0.05) is 78.7 Å². The third-order valence-corrected chi connectivity index (χ3v) is 3.88. The van der Waals surface area contributed by atoms with Gasteiger partial charge in [0.15, 0.2) is 5.78 Å². The lowest BCUT2D eigenvalue weighted by Crippen LogP contribution is -2.06. The topological polar surface area (TPSA) is 17.1 Å². The van der Waals surface area contributed by atoms with Crippen LogP contribution in [0.4, 0.5) is 0 Å². The molecule has 0 N–H and O–H groups in total. The highest BCUT2D eigenvalue weighted by atomic mass is 16.1. The number of carbonyl (C=O) groups excluding carboxylic acids is 1. The standard InChI is InChI=1S/C21H16O/c1-2-16(17-9-4-3-5-10-17)15-21(22)20-14-8-12-18-11-6-7-13-19(18)20/h1,3-14,16H,15H2/t16-/m0/s1. The van der Waals surface area contributed by atoms with Gasteiger partial charge in [0.1, 0.15) is 0 Å². The number of fused-ring (bicyclic) bond motifs is 1. The number of hydrogen-bond acceptors (Lipinski definition) is 1. The first-order chi connectivity index (χ1) is 10.8. The zero-order chi connectivity index (χ0) is 15.4. The number of carbonyl (C=O) groups is 1. The van der Waals surface area contributed by atoms with Crippen molar-refractivity contribution in [3.63, 3.8) is 0 Å². The van der Waals surface area contributed by atoms with Gasteiger partial charge in [-0.05, 0) is 16.3 Å². The number of benzene rings is 3. The van der Waals surface area contributed by atoms with Crippen LogP contribution in [0.5, 0.6) is 0 Å². The van der Waals surface area contributed by atoms with E-state index in [1.807, 2.05) is 72.8 Å². The van der Waals surface area contributed by atoms with Crippen molar-refractivity contribution >= 4 is 16.6 Å². The van der Waals surface area contributed by atoms with Gasteiger partial charge in [0.2, 0.25) is 0 Å². The van der Waals surface area contributed by atoms with Crippen LogP contribution in [0.3, 0.4) is 0 Å². The summed E-state index contributed by atoms with van der Waals surface area (Å²) < 4.78 is 0. The largest absolute Gasteiger partial charge is 0.294 e. The minimum Gasteiger partial charge on any atom is -0.294 e. The molecule has 0 aliphatic heterocycles. The summed E-state index contributed by atoms with van der Waals surface area (Å²) in [5, 5.41) is 2.06. The minimum absolute atomic E-state index is 0.0867. The van der Waals surface area contributed by atoms with E-state index in [2.05, 4.69) is 5.92 Å². The van der Waals surface area contributed by atoms with Crippen LogP contribution in [0.1, 0.15) is 28.3 Å². The molecule has 0 fully saturated rings. The fourth-order valence-electron chi connectivity index (χ4n) is 2.72. The molecule has 0 saturated carbocycles. The minimum atomic E-state index is -0.187. The Kier molecular flexibility index (Phi) is 4.03. The van der Waals surface area contributed by atoms with Crippen LogP contribution in [0, 0.1) is 12.3 Å². The highest BCUT2D eigenvalue weighted by Crippen LogP contribution is 2.25. The third kappa shape index (κ3) is 2.77. The lowest BCUT2D eigenvalue weighted by atomic mass is 9.90. The molecular formula is C21H16O. The molecule has 1 atom stereocenters. The summed E-state index contributed by atoms with van der Waals surface area (Å²) in [5.41, 5.74) is 1.76. The maximum Gasteiger partial charge on any atom is 0.165 e. The monoisotopic (exact) mass is 284 g/mol. The summed E-state index contributed by atoms with van der Waals surface area (Å²) >= 11 is 0. The quantitative estimate of drug-likeness (QED) is 0.495. The van der Waals surface area contributed by atoms with Crippen LogP contribution in [-0.2, 0) is 0 Å². The molecule has 3 aromatic carbocycles. The van der Waals surface area contributed by atoms with Crippen molar-refractivity contribution in [2.24, 2.45) is 0 Å². The Morgan fingerprint density at radius 3 is 2.36 bits per heavy atom. The summed E-state index contributed by atoms with van der Waals surface area (Å²) in [7, 11) is 0. The first-order valence-corrected chi connectivity index (χ1v) is 7.31. The van der Waals surface area contributed by atoms with Gasteiger partial charge >= 0.3 is 0 Å². The molecule has 106 valence electrons. The van der Waals surface area contributed by atoms with Gasteiger partial charge in [0, 0.05) is 12.0 Å². The van der Waals surface area contributed by atoms with Gasteiger partial charge in [-0.2, -0.15) is 0 Å². The summed E-state index contributed by atoms with van der Waals surface area (Å²) in [4.78, 5) is 12.7. The maximum absolute atomic E-state index is 12.7.